The van der Waals surface area contributed by atoms with Crippen LogP contribution in [-0.4, -0.2) is 452 Å². The summed E-state index contributed by atoms with van der Waals surface area (Å²) in [6.07, 6.45) is 3.28. The third-order valence-corrected chi connectivity index (χ3v) is 25.8. The molecule has 0 radical (unpaired) electrons. The molecule has 2 aromatic carbocycles. The first-order chi connectivity index (χ1) is 71.6. The number of aliphatic carboxylic acids is 4. The number of benzene rings is 2. The number of nitrogens with one attached hydrogen (secondary N) is 8. The number of alkyl carbamates (subject to hydrolysis) is 1. The number of hydrogen-bond acceptors (Lipinski definition) is 34. The molecule has 2 aliphatic carbocycles. The van der Waals surface area contributed by atoms with Crippen LogP contribution in [0.5, 0.6) is 11.5 Å². The van der Waals surface area contributed by atoms with Gasteiger partial charge in [-0.15, -0.1) is 5.10 Å². The van der Waals surface area contributed by atoms with E-state index in [2.05, 4.69) is 62.8 Å². The van der Waals surface area contributed by atoms with Crippen molar-refractivity contribution in [2.45, 2.75) is 114 Å². The molecule has 5 fully saturated rings. The number of fused-ring (bicyclic) bond motifs is 4. The number of hydrogen-bond donors (Lipinski definition) is 12. The van der Waals surface area contributed by atoms with Crippen LogP contribution in [0.15, 0.2) is 60.9 Å². The van der Waals surface area contributed by atoms with E-state index >= 15 is 0 Å². The second-order valence-electron chi connectivity index (χ2n) is 36.5. The lowest BCUT2D eigenvalue weighted by molar-refractivity contribution is -0.158. The van der Waals surface area contributed by atoms with Gasteiger partial charge in [-0.3, -0.25) is 96.7 Å². The zero-order chi connectivity index (χ0) is 107. The van der Waals surface area contributed by atoms with Gasteiger partial charge < -0.3 is 121 Å². The van der Waals surface area contributed by atoms with Crippen LogP contribution in [0.3, 0.4) is 0 Å². The summed E-state index contributed by atoms with van der Waals surface area (Å²) >= 11 is 0. The smallest absolute Gasteiger partial charge is 0.407 e. The lowest BCUT2D eigenvalue weighted by atomic mass is 10.0. The number of carbonyl (C=O) groups is 15. The molecule has 0 bridgehead atoms. The van der Waals surface area contributed by atoms with Crippen molar-refractivity contribution in [3.8, 4) is 23.6 Å². The van der Waals surface area contributed by atoms with Crippen molar-refractivity contribution in [1.82, 2.24) is 112 Å². The van der Waals surface area contributed by atoms with Crippen molar-refractivity contribution in [2.75, 3.05) is 243 Å². The van der Waals surface area contributed by atoms with Crippen molar-refractivity contribution in [3.05, 3.63) is 83.4 Å². The Hall–Kier alpha value is -13.8. The molecule has 11 rings (SSSR count). The number of rotatable bonds is 56. The van der Waals surface area contributed by atoms with E-state index in [0.29, 0.717) is 77.5 Å². The Balaban J connectivity index is 0.577. The normalized spacial score (nSPS) is 18.8. The predicted octanol–water partition coefficient (Wildman–Crippen LogP) is -1.79. The molecule has 6 aliphatic rings. The van der Waals surface area contributed by atoms with E-state index in [1.807, 2.05) is 0 Å². The summed E-state index contributed by atoms with van der Waals surface area (Å²) in [6.45, 7) is -2.21. The lowest BCUT2D eigenvalue weighted by Gasteiger charge is -2.42. The number of nitriles is 2. The van der Waals surface area contributed by atoms with Crippen LogP contribution in [0.25, 0.3) is 21.8 Å². The van der Waals surface area contributed by atoms with Gasteiger partial charge in [0, 0.05) is 147 Å². The Morgan fingerprint density at radius 3 is 1.35 bits per heavy atom. The first-order valence-electron chi connectivity index (χ1n) is 49.3. The zero-order valence-corrected chi connectivity index (χ0v) is 82.5. The van der Waals surface area contributed by atoms with Gasteiger partial charge in [0.2, 0.25) is 47.3 Å². The number of carboxylic acids is 4. The van der Waals surface area contributed by atoms with Gasteiger partial charge in [-0.1, -0.05) is 29.5 Å². The molecule has 11 amide bonds. The summed E-state index contributed by atoms with van der Waals surface area (Å²) in [5.74, 6) is -15.4. The van der Waals surface area contributed by atoms with Crippen molar-refractivity contribution in [3.63, 3.8) is 0 Å². The summed E-state index contributed by atoms with van der Waals surface area (Å²) < 4.78 is 97.6. The van der Waals surface area contributed by atoms with Crippen LogP contribution in [0, 0.1) is 40.4 Å². The third-order valence-electron chi connectivity index (χ3n) is 25.8. The number of carbonyl (C=O) groups excluding carboxylic acids is 11. The fraction of sp³-hybridized carbons (Fsp3) is 0.611. The number of likely N-dealkylation sites (tertiary alicyclic amines) is 2. The van der Waals surface area contributed by atoms with Gasteiger partial charge in [-0.2, -0.15) is 10.5 Å². The molecule has 1 unspecified atom stereocenters. The number of pyridine rings is 2. The number of alkyl halides is 4. The zero-order valence-electron chi connectivity index (χ0n) is 82.5. The Bertz CT molecular complexity index is 5300. The minimum atomic E-state index is -3.21. The molecule has 4 saturated heterocycles. The molecule has 7 heterocycles. The van der Waals surface area contributed by atoms with Crippen LogP contribution < -0.4 is 52.0 Å². The van der Waals surface area contributed by atoms with Gasteiger partial charge in [0.15, 0.2) is 0 Å². The molecule has 0 spiro atoms. The van der Waals surface area contributed by atoms with E-state index < -0.39 is 159 Å². The number of aromatic nitrogens is 5. The minimum absolute atomic E-state index is 0.0175. The van der Waals surface area contributed by atoms with E-state index in [1.54, 1.807) is 68.1 Å². The monoisotopic (exact) mass is 2100 g/mol. The highest BCUT2D eigenvalue weighted by Crippen LogP contribution is 2.53. The largest absolute Gasteiger partial charge is 0.491 e. The fourth-order valence-corrected chi connectivity index (χ4v) is 18.0. The fourth-order valence-electron chi connectivity index (χ4n) is 18.0. The van der Waals surface area contributed by atoms with Crippen molar-refractivity contribution in [1.29, 1.82) is 10.5 Å². The molecule has 6 atom stereocenters. The first-order valence-corrected chi connectivity index (χ1v) is 49.3. The number of para-hydroxylation sites is 2. The Morgan fingerprint density at radius 2 is 0.893 bits per heavy atom. The van der Waals surface area contributed by atoms with E-state index in [9.17, 15) is 120 Å². The molecule has 812 valence electrons. The quantitative estimate of drug-likeness (QED) is 0.0151. The third kappa shape index (κ3) is 36.8. The van der Waals surface area contributed by atoms with E-state index in [0.717, 1.165) is 15.5 Å². The van der Waals surface area contributed by atoms with Gasteiger partial charge in [-0.05, 0) is 87.0 Å². The van der Waals surface area contributed by atoms with E-state index in [1.165, 1.54) is 43.9 Å². The van der Waals surface area contributed by atoms with Crippen LogP contribution >= 0.6 is 0 Å². The average Bonchev–Trinajstić information content (AvgIpc) is 1.61. The Labute approximate surface area is 854 Å². The summed E-state index contributed by atoms with van der Waals surface area (Å²) in [7, 11) is 0. The summed E-state index contributed by atoms with van der Waals surface area (Å²) in [5.41, 5.74) is 2.41. The second kappa shape index (κ2) is 58.2. The maximum absolute atomic E-state index is 14.5. The van der Waals surface area contributed by atoms with Crippen LogP contribution in [0.1, 0.15) is 96.3 Å². The molecular formula is C95H128F4N24O26. The highest BCUT2D eigenvalue weighted by Gasteiger charge is 2.52. The SMILES string of the molecule is N#C[C@@H]1CC(F)(F)CN1C(=O)CNC(=O)c1ccnc2c(OCCCNC(=O)CCOCCOCCNCC(=O)N3CN(C(=O)CNCCOCCOCCC(=O)NCCCOc4cccc5c(C(=O)NCC(=O)N6CC(F)(F)C[C@H]6C#N)ccnc45)CN(C(=O)Cn4nnc5c4CC[C@H]4[C@@H](CC5)[C@H]4COC(=O)NCCNC(=O)CCC(C(=O)O)N4CCN(CC(=O)O)CCN(CC(=O)O)CCN(CC(=O)O)CC4)C3)cccc12. The summed E-state index contributed by atoms with van der Waals surface area (Å²) in [5, 5.41) is 89.3. The molecular weight excluding hydrogens is 1970 g/mol. The molecule has 149 heavy (non-hydrogen) atoms. The summed E-state index contributed by atoms with van der Waals surface area (Å²) in [6, 6.07) is 12.3. The maximum atomic E-state index is 14.5. The molecule has 54 heteroatoms. The number of ether oxygens (including phenoxy) is 7. The van der Waals surface area contributed by atoms with Crippen LogP contribution in [0.2, 0.25) is 0 Å². The van der Waals surface area contributed by atoms with Gasteiger partial charge in [0.1, 0.15) is 47.2 Å². The highest BCUT2D eigenvalue weighted by molar-refractivity contribution is 6.09. The van der Waals surface area contributed by atoms with Crippen molar-refractivity contribution >= 4 is 111 Å². The number of halogens is 4. The molecule has 4 aliphatic heterocycles. The highest BCUT2D eigenvalue weighted by atomic mass is 19.3. The topological polar surface area (TPSA) is 631 Å². The van der Waals surface area contributed by atoms with E-state index in [4.69, 9.17) is 33.2 Å². The van der Waals surface area contributed by atoms with Gasteiger partial charge in [0.25, 0.3) is 23.7 Å². The maximum Gasteiger partial charge on any atom is 0.407 e. The molecule has 3 aromatic heterocycles. The van der Waals surface area contributed by atoms with Crippen LogP contribution in [0.4, 0.5) is 22.4 Å². The Morgan fingerprint density at radius 1 is 0.463 bits per heavy atom. The predicted molar refractivity (Wildman–Crippen MR) is 513 cm³/mol. The van der Waals surface area contributed by atoms with Gasteiger partial charge in [0.05, 0.1) is 186 Å². The molecule has 50 nitrogen and oxygen atoms in total. The number of carboxylic acid groups (broad SMARTS) is 4. The molecule has 12 N–H and O–H groups in total. The molecule has 5 aromatic rings. The van der Waals surface area contributed by atoms with Crippen LogP contribution in [-0.2, 0) is 101 Å². The number of aryl methyl sites for hydroxylation is 1. The van der Waals surface area contributed by atoms with Gasteiger partial charge >= 0.3 is 30.0 Å². The summed E-state index contributed by atoms with van der Waals surface area (Å²) in [4.78, 5) is 214. The lowest BCUT2D eigenvalue weighted by Crippen LogP contribution is -2.61. The van der Waals surface area contributed by atoms with E-state index in [-0.39, 0.29) is 277 Å². The number of amides is 11. The van der Waals surface area contributed by atoms with Crippen molar-refractivity contribution in [2.24, 2.45) is 17.8 Å². The number of nitrogens with zero attached hydrogens (tertiary/aromatic N) is 16. The average molecular weight is 2100 g/mol. The van der Waals surface area contributed by atoms with Crippen molar-refractivity contribution < 1.29 is 143 Å². The second-order valence-corrected chi connectivity index (χ2v) is 36.5. The minimum Gasteiger partial charge on any atom is -0.491 e. The Kier molecular flexibility index (Phi) is 45.1. The molecule has 1 saturated carbocycles. The first kappa shape index (κ1) is 115. The van der Waals surface area contributed by atoms with Gasteiger partial charge in [-0.25, -0.2) is 27.0 Å². The standard InChI is InChI=1S/C95H128F4N24O26/c96-94(97)45-63(47-100)121(58-94)82(129)51-110-90(138)69-15-21-107-88-67(69)5-1-7-75(88)147-35-3-19-104-78(125)17-37-143-41-43-145-39-25-102-49-80(127)118-60-119(81(128)50-103-26-40-146-44-42-144-38-18-79(126)105-20-4-36-148-76-8-2-6-68-70(16-22-108-89(68)76)91(139)111-52-83(130)122-59-95(98,99)46-64(122)48-101)62-120(61-118)84(131)53-123-73-12-10-66-65(9-11-72(73)112-113-123)71(66)57-149-93(142)109-24-23-106-77(124)14-13-74(92(140)141)117-33-31-115(55-86(134)135)29-27-114(54-85(132)133)28-30-116(32-34-117)56-87(136)137/h1-2,5-8,15-16,21-22,63-66,71,74,102-103H,3-4,9-14,17-20,23-46,49-62H2,(H,104,125)(H,105,126)(H,106,124)(H,109,142)(H,110,138)(H,111,139)(H,132,133)(H,134,135)(H,136,137)(H,140,141)/t63-,64-,65+,66-,71+,74?/m0/s1.